The molecule has 0 unspecified atom stereocenters. The zero-order valence-corrected chi connectivity index (χ0v) is 11.6. The Balaban J connectivity index is 1.68. The van der Waals surface area contributed by atoms with Crippen LogP contribution in [0.15, 0.2) is 71.9 Å². The van der Waals surface area contributed by atoms with E-state index in [1.165, 1.54) is 5.56 Å². The molecule has 0 amide bonds. The van der Waals surface area contributed by atoms with Crippen molar-refractivity contribution in [3.05, 3.63) is 72.6 Å². The SMILES string of the molecule is Oc1ccccc1SCc1ccc(-n2cccn2)cc1. The number of hydrogen-bond donors (Lipinski definition) is 1. The Hall–Kier alpha value is -2.20. The van der Waals surface area contributed by atoms with Crippen molar-refractivity contribution in [2.24, 2.45) is 0 Å². The number of phenolic OH excluding ortho intramolecular Hbond substituents is 1. The molecule has 100 valence electrons. The van der Waals surface area contributed by atoms with E-state index >= 15 is 0 Å². The molecule has 0 radical (unpaired) electrons. The van der Waals surface area contributed by atoms with Crippen molar-refractivity contribution in [3.8, 4) is 11.4 Å². The van der Waals surface area contributed by atoms with Crippen LogP contribution in [0.2, 0.25) is 0 Å². The van der Waals surface area contributed by atoms with Gasteiger partial charge in [-0.25, -0.2) is 4.68 Å². The molecular formula is C16H14N2OS. The van der Waals surface area contributed by atoms with Crippen molar-refractivity contribution in [3.63, 3.8) is 0 Å². The molecule has 3 rings (SSSR count). The first-order chi connectivity index (χ1) is 9.83. The number of nitrogens with zero attached hydrogens (tertiary/aromatic N) is 2. The highest BCUT2D eigenvalue weighted by Crippen LogP contribution is 2.30. The summed E-state index contributed by atoms with van der Waals surface area (Å²) < 4.78 is 1.83. The molecule has 1 aromatic heterocycles. The maximum atomic E-state index is 9.73. The van der Waals surface area contributed by atoms with Gasteiger partial charge >= 0.3 is 0 Å². The van der Waals surface area contributed by atoms with Gasteiger partial charge in [-0.15, -0.1) is 11.8 Å². The van der Waals surface area contributed by atoms with E-state index in [2.05, 4.69) is 17.2 Å². The Labute approximate surface area is 121 Å². The van der Waals surface area contributed by atoms with Gasteiger partial charge in [0.1, 0.15) is 5.75 Å². The summed E-state index contributed by atoms with van der Waals surface area (Å²) in [6.07, 6.45) is 3.69. The molecule has 2 aromatic carbocycles. The maximum Gasteiger partial charge on any atom is 0.129 e. The third kappa shape index (κ3) is 2.86. The number of aromatic nitrogens is 2. The molecule has 0 aliphatic rings. The van der Waals surface area contributed by atoms with Gasteiger partial charge in [-0.2, -0.15) is 5.10 Å². The van der Waals surface area contributed by atoms with Crippen LogP contribution in [0.5, 0.6) is 5.75 Å². The van der Waals surface area contributed by atoms with Crippen LogP contribution in [0.3, 0.4) is 0 Å². The van der Waals surface area contributed by atoms with E-state index in [0.29, 0.717) is 5.75 Å². The molecule has 0 saturated heterocycles. The summed E-state index contributed by atoms with van der Waals surface area (Å²) in [4.78, 5) is 0.906. The summed E-state index contributed by atoms with van der Waals surface area (Å²) in [5.41, 5.74) is 2.26. The number of benzene rings is 2. The Kier molecular flexibility index (Phi) is 3.74. The average molecular weight is 282 g/mol. The van der Waals surface area contributed by atoms with Crippen LogP contribution in [0.1, 0.15) is 5.56 Å². The van der Waals surface area contributed by atoms with Gasteiger partial charge in [0.25, 0.3) is 0 Å². The van der Waals surface area contributed by atoms with E-state index in [1.807, 2.05) is 47.3 Å². The number of aromatic hydroxyl groups is 1. The van der Waals surface area contributed by atoms with Gasteiger partial charge in [0.2, 0.25) is 0 Å². The Bertz CT molecular complexity index is 678. The molecule has 0 bridgehead atoms. The third-order valence-corrected chi connectivity index (χ3v) is 4.10. The zero-order chi connectivity index (χ0) is 13.8. The predicted octanol–water partition coefficient (Wildman–Crippen LogP) is 3.87. The fourth-order valence-electron chi connectivity index (χ4n) is 1.91. The molecule has 0 aliphatic heterocycles. The average Bonchev–Trinajstić information content (AvgIpc) is 3.01. The minimum atomic E-state index is 0.339. The molecule has 0 spiro atoms. The number of hydrogen-bond acceptors (Lipinski definition) is 3. The van der Waals surface area contributed by atoms with Gasteiger partial charge in [-0.1, -0.05) is 24.3 Å². The van der Waals surface area contributed by atoms with E-state index in [9.17, 15) is 5.11 Å². The van der Waals surface area contributed by atoms with Crippen molar-refractivity contribution in [1.82, 2.24) is 9.78 Å². The number of phenols is 1. The second-order valence-electron chi connectivity index (χ2n) is 4.37. The summed E-state index contributed by atoms with van der Waals surface area (Å²) in [5.74, 6) is 1.17. The van der Waals surface area contributed by atoms with E-state index < -0.39 is 0 Å². The normalized spacial score (nSPS) is 10.6. The molecule has 0 fully saturated rings. The van der Waals surface area contributed by atoms with Crippen molar-refractivity contribution >= 4 is 11.8 Å². The van der Waals surface area contributed by atoms with Crippen LogP contribution >= 0.6 is 11.8 Å². The highest BCUT2D eigenvalue weighted by molar-refractivity contribution is 7.98. The van der Waals surface area contributed by atoms with Gasteiger partial charge in [0, 0.05) is 23.0 Å². The fraction of sp³-hybridized carbons (Fsp3) is 0.0625. The summed E-state index contributed by atoms with van der Waals surface area (Å²) in [6.45, 7) is 0. The molecule has 0 saturated carbocycles. The lowest BCUT2D eigenvalue weighted by Gasteiger charge is -2.06. The number of thioether (sulfide) groups is 1. The number of rotatable bonds is 4. The quantitative estimate of drug-likeness (QED) is 0.738. The summed E-state index contributed by atoms with van der Waals surface area (Å²) >= 11 is 1.63. The smallest absolute Gasteiger partial charge is 0.129 e. The molecular weight excluding hydrogens is 268 g/mol. The lowest BCUT2D eigenvalue weighted by molar-refractivity contribution is 0.462. The molecule has 20 heavy (non-hydrogen) atoms. The monoisotopic (exact) mass is 282 g/mol. The topological polar surface area (TPSA) is 38.0 Å². The van der Waals surface area contributed by atoms with E-state index in [-0.39, 0.29) is 0 Å². The lowest BCUT2D eigenvalue weighted by atomic mass is 10.2. The second-order valence-corrected chi connectivity index (χ2v) is 5.39. The molecule has 0 aliphatic carbocycles. The maximum absolute atomic E-state index is 9.73. The Morgan fingerprint density at radius 2 is 1.80 bits per heavy atom. The second kappa shape index (κ2) is 5.84. The van der Waals surface area contributed by atoms with Crippen molar-refractivity contribution in [1.29, 1.82) is 0 Å². The summed E-state index contributed by atoms with van der Waals surface area (Å²) in [6, 6.07) is 17.6. The molecule has 3 aromatic rings. The van der Waals surface area contributed by atoms with Crippen LogP contribution < -0.4 is 0 Å². The van der Waals surface area contributed by atoms with Gasteiger partial charge in [-0.3, -0.25) is 0 Å². The number of para-hydroxylation sites is 1. The Morgan fingerprint density at radius 3 is 2.50 bits per heavy atom. The van der Waals surface area contributed by atoms with Gasteiger partial charge in [-0.05, 0) is 35.9 Å². The summed E-state index contributed by atoms with van der Waals surface area (Å²) in [5, 5.41) is 13.9. The van der Waals surface area contributed by atoms with Crippen LogP contribution in [0.25, 0.3) is 5.69 Å². The molecule has 1 N–H and O–H groups in total. The van der Waals surface area contributed by atoms with Gasteiger partial charge < -0.3 is 5.11 Å². The third-order valence-electron chi connectivity index (χ3n) is 2.96. The van der Waals surface area contributed by atoms with Crippen molar-refractivity contribution < 1.29 is 5.11 Å². The highest BCUT2D eigenvalue weighted by Gasteiger charge is 2.02. The largest absolute Gasteiger partial charge is 0.507 e. The minimum Gasteiger partial charge on any atom is -0.507 e. The molecule has 4 heteroatoms. The fourth-order valence-corrected chi connectivity index (χ4v) is 2.81. The first kappa shape index (κ1) is 12.8. The highest BCUT2D eigenvalue weighted by atomic mass is 32.2. The first-order valence-corrected chi connectivity index (χ1v) is 7.31. The zero-order valence-electron chi connectivity index (χ0n) is 10.8. The predicted molar refractivity (Wildman–Crippen MR) is 81.2 cm³/mol. The lowest BCUT2D eigenvalue weighted by Crippen LogP contribution is -1.93. The standard InChI is InChI=1S/C16H14N2OS/c19-15-4-1-2-5-16(15)20-12-13-6-8-14(9-7-13)18-11-3-10-17-18/h1-11,19H,12H2. The van der Waals surface area contributed by atoms with E-state index in [0.717, 1.165) is 16.3 Å². The van der Waals surface area contributed by atoms with Crippen LogP contribution in [0, 0.1) is 0 Å². The van der Waals surface area contributed by atoms with Crippen LogP contribution in [0.4, 0.5) is 0 Å². The van der Waals surface area contributed by atoms with Crippen molar-refractivity contribution in [2.45, 2.75) is 10.6 Å². The van der Waals surface area contributed by atoms with Crippen LogP contribution in [-0.2, 0) is 5.75 Å². The van der Waals surface area contributed by atoms with Crippen molar-refractivity contribution in [2.75, 3.05) is 0 Å². The molecule has 3 nitrogen and oxygen atoms in total. The van der Waals surface area contributed by atoms with E-state index in [4.69, 9.17) is 0 Å². The first-order valence-electron chi connectivity index (χ1n) is 6.33. The molecule has 0 atom stereocenters. The van der Waals surface area contributed by atoms with Crippen LogP contribution in [-0.4, -0.2) is 14.9 Å². The molecule has 1 heterocycles. The summed E-state index contributed by atoms with van der Waals surface area (Å²) in [7, 11) is 0. The van der Waals surface area contributed by atoms with E-state index in [1.54, 1.807) is 24.0 Å². The van der Waals surface area contributed by atoms with Gasteiger partial charge in [0.15, 0.2) is 0 Å². The van der Waals surface area contributed by atoms with Gasteiger partial charge in [0.05, 0.1) is 5.69 Å². The minimum absolute atomic E-state index is 0.339. The Morgan fingerprint density at radius 1 is 1.00 bits per heavy atom.